The second-order valence-corrected chi connectivity index (χ2v) is 19.0. The van der Waals surface area contributed by atoms with E-state index in [-0.39, 0.29) is 0 Å². The molecule has 0 amide bonds. The summed E-state index contributed by atoms with van der Waals surface area (Å²) in [5.74, 6) is 1.61. The Balaban J connectivity index is 1.19. The van der Waals surface area contributed by atoms with Gasteiger partial charge in [0.25, 0.3) is 0 Å². The molecule has 0 N–H and O–H groups in total. The molecule has 0 saturated carbocycles. The van der Waals surface area contributed by atoms with Crippen molar-refractivity contribution >= 4 is 90.3 Å². The van der Waals surface area contributed by atoms with Gasteiger partial charge in [0.2, 0.25) is 0 Å². The number of anilines is 12. The van der Waals surface area contributed by atoms with Crippen LogP contribution >= 0.6 is 0 Å². The molecule has 2 aliphatic heterocycles. The van der Waals surface area contributed by atoms with Crippen molar-refractivity contribution in [2.24, 2.45) is 0 Å². The van der Waals surface area contributed by atoms with E-state index in [1.807, 2.05) is 0 Å². The molecule has 0 spiro atoms. The zero-order valence-corrected chi connectivity index (χ0v) is 41.1. The molecular weight excluding hydrogens is 929 g/mol. The Bertz CT molecular complexity index is 3920. The summed E-state index contributed by atoms with van der Waals surface area (Å²) in [7, 11) is 0. The minimum Gasteiger partial charge on any atom is -0.306 e. The van der Waals surface area contributed by atoms with Crippen molar-refractivity contribution in [2.75, 3.05) is 19.6 Å². The molecular formula is C68H46N8. The summed E-state index contributed by atoms with van der Waals surface area (Å²) in [4.78, 5) is 21.8. The van der Waals surface area contributed by atoms with Gasteiger partial charge in [-0.3, -0.25) is 9.13 Å². The van der Waals surface area contributed by atoms with Gasteiger partial charge in [0.1, 0.15) is 45.1 Å². The molecule has 2 aliphatic rings. The topological polar surface area (TPSA) is 48.6 Å². The van der Waals surface area contributed by atoms with Crippen LogP contribution in [0.2, 0.25) is 0 Å². The fourth-order valence-electron chi connectivity index (χ4n) is 11.6. The van der Waals surface area contributed by atoms with Crippen LogP contribution in [0.1, 0.15) is 0 Å². The summed E-state index contributed by atoms with van der Waals surface area (Å²) in [6.45, 7) is 0. The van der Waals surface area contributed by atoms with Gasteiger partial charge in [-0.15, -0.1) is 0 Å². The summed E-state index contributed by atoms with van der Waals surface area (Å²) in [5, 5.41) is 0. The highest BCUT2D eigenvalue weighted by molar-refractivity contribution is 6.24. The average molecular weight is 975 g/mol. The van der Waals surface area contributed by atoms with Crippen LogP contribution in [-0.4, -0.2) is 19.1 Å². The van der Waals surface area contributed by atoms with Crippen molar-refractivity contribution in [2.45, 2.75) is 0 Å². The number of benzene rings is 11. The summed E-state index contributed by atoms with van der Waals surface area (Å²) in [6, 6.07) is 99.0. The Kier molecular flexibility index (Phi) is 10.0. The lowest BCUT2D eigenvalue weighted by molar-refractivity contribution is 1.09. The molecule has 8 nitrogen and oxygen atoms in total. The van der Waals surface area contributed by atoms with Gasteiger partial charge < -0.3 is 19.6 Å². The molecule has 0 bridgehead atoms. The molecule has 0 fully saturated rings. The number of imidazole rings is 2. The van der Waals surface area contributed by atoms with E-state index in [2.05, 4.69) is 308 Å². The van der Waals surface area contributed by atoms with Crippen LogP contribution < -0.4 is 19.6 Å². The Labute approximate surface area is 440 Å². The van der Waals surface area contributed by atoms with Crippen molar-refractivity contribution in [3.05, 3.63) is 279 Å². The Hall–Kier alpha value is -10.4. The average Bonchev–Trinajstić information content (AvgIpc) is 4.10. The van der Waals surface area contributed by atoms with Crippen LogP contribution in [0.5, 0.6) is 0 Å². The molecule has 76 heavy (non-hydrogen) atoms. The van der Waals surface area contributed by atoms with Crippen molar-refractivity contribution in [1.82, 2.24) is 19.1 Å². The van der Waals surface area contributed by atoms with Gasteiger partial charge in [-0.2, -0.15) is 0 Å². The third-order valence-corrected chi connectivity index (χ3v) is 14.7. The highest BCUT2D eigenvalue weighted by Gasteiger charge is 2.40. The summed E-state index contributed by atoms with van der Waals surface area (Å²) in [5.41, 5.74) is 19.4. The van der Waals surface area contributed by atoms with E-state index in [4.69, 9.17) is 9.97 Å². The number of hydrogen-bond acceptors (Lipinski definition) is 6. The lowest BCUT2D eigenvalue weighted by Crippen LogP contribution is -2.26. The van der Waals surface area contributed by atoms with E-state index in [1.165, 1.54) is 0 Å². The molecule has 4 heterocycles. The highest BCUT2D eigenvalue weighted by atomic mass is 15.3. The Morgan fingerprint density at radius 2 is 0.434 bits per heavy atom. The number of para-hydroxylation sites is 12. The lowest BCUT2D eigenvalue weighted by Gasteiger charge is -2.42. The van der Waals surface area contributed by atoms with Crippen LogP contribution in [0, 0.1) is 0 Å². The van der Waals surface area contributed by atoms with Crippen molar-refractivity contribution < 1.29 is 0 Å². The first-order valence-electron chi connectivity index (χ1n) is 25.7. The Morgan fingerprint density at radius 3 is 0.711 bits per heavy atom. The van der Waals surface area contributed by atoms with Gasteiger partial charge in [0.05, 0.1) is 45.5 Å². The minimum absolute atomic E-state index is 0.806. The summed E-state index contributed by atoms with van der Waals surface area (Å²) >= 11 is 0. The van der Waals surface area contributed by atoms with Gasteiger partial charge in [0, 0.05) is 33.9 Å². The van der Waals surface area contributed by atoms with E-state index in [0.717, 1.165) is 124 Å². The maximum absolute atomic E-state index is 6.08. The van der Waals surface area contributed by atoms with Crippen LogP contribution in [0.25, 0.3) is 56.2 Å². The maximum Gasteiger partial charge on any atom is 0.145 e. The van der Waals surface area contributed by atoms with Crippen LogP contribution in [0.3, 0.4) is 0 Å². The largest absolute Gasteiger partial charge is 0.306 e. The molecule has 8 heteroatoms. The maximum atomic E-state index is 6.08. The molecule has 0 aliphatic carbocycles. The smallest absolute Gasteiger partial charge is 0.145 e. The van der Waals surface area contributed by atoms with E-state index in [9.17, 15) is 0 Å². The van der Waals surface area contributed by atoms with Gasteiger partial charge in [-0.25, -0.2) is 9.97 Å². The standard InChI is InChI=1S/C68H46N8/c1-7-27-47(28-8-1)67-69-61-63(73(67)51-35-15-5-16-36-51)66(76-59-45-25-21-41-55(59)72(50-33-13-4-14-34-50)56-42-22-26-46-60(56)76)62-64(74(52-37-17-6-18-38-52)68(70-62)48-29-9-2-10-30-48)65(61)75-57-43-23-19-39-53(57)71(49-31-11-3-12-32-49)54-40-20-24-44-58(54)75/h1-46H. The number of aromatic nitrogens is 4. The first kappa shape index (κ1) is 43.2. The number of fused-ring (bicyclic) bond motifs is 6. The molecule has 15 rings (SSSR count). The third-order valence-electron chi connectivity index (χ3n) is 14.7. The van der Waals surface area contributed by atoms with Crippen LogP contribution in [-0.2, 0) is 0 Å². The van der Waals surface area contributed by atoms with Crippen LogP contribution in [0.15, 0.2) is 279 Å². The second-order valence-electron chi connectivity index (χ2n) is 19.0. The van der Waals surface area contributed by atoms with E-state index < -0.39 is 0 Å². The number of rotatable bonds is 8. The van der Waals surface area contributed by atoms with Gasteiger partial charge in [0.15, 0.2) is 0 Å². The van der Waals surface area contributed by atoms with Gasteiger partial charge in [-0.1, -0.05) is 182 Å². The van der Waals surface area contributed by atoms with Crippen molar-refractivity contribution in [3.63, 3.8) is 0 Å². The van der Waals surface area contributed by atoms with Gasteiger partial charge in [-0.05, 0) is 97.1 Å². The van der Waals surface area contributed by atoms with Crippen LogP contribution in [0.4, 0.5) is 68.2 Å². The molecule has 13 aromatic rings. The van der Waals surface area contributed by atoms with E-state index in [1.54, 1.807) is 0 Å². The summed E-state index contributed by atoms with van der Waals surface area (Å²) in [6.07, 6.45) is 0. The van der Waals surface area contributed by atoms with E-state index >= 15 is 0 Å². The molecule has 0 atom stereocenters. The van der Waals surface area contributed by atoms with Crippen molar-refractivity contribution in [3.8, 4) is 34.2 Å². The minimum atomic E-state index is 0.806. The van der Waals surface area contributed by atoms with Crippen molar-refractivity contribution in [1.29, 1.82) is 0 Å². The fraction of sp³-hybridized carbons (Fsp3) is 0. The molecule has 0 radical (unpaired) electrons. The van der Waals surface area contributed by atoms with Gasteiger partial charge >= 0.3 is 0 Å². The molecule has 358 valence electrons. The molecule has 0 saturated heterocycles. The predicted molar refractivity (Wildman–Crippen MR) is 312 cm³/mol. The van der Waals surface area contributed by atoms with E-state index in [0.29, 0.717) is 0 Å². The number of hydrogen-bond donors (Lipinski definition) is 0. The number of nitrogens with zero attached hydrogens (tertiary/aromatic N) is 8. The summed E-state index contributed by atoms with van der Waals surface area (Å²) < 4.78 is 4.75. The molecule has 2 aromatic heterocycles. The predicted octanol–water partition coefficient (Wildman–Crippen LogP) is 18.2. The normalized spacial score (nSPS) is 12.6. The fourth-order valence-corrected chi connectivity index (χ4v) is 11.6. The zero-order chi connectivity index (χ0) is 50.1. The third kappa shape index (κ3) is 6.64. The highest BCUT2D eigenvalue weighted by Crippen LogP contribution is 2.61. The lowest BCUT2D eigenvalue weighted by atomic mass is 10.0. The molecule has 11 aromatic carbocycles. The monoisotopic (exact) mass is 974 g/mol. The first-order valence-corrected chi connectivity index (χ1v) is 25.7. The SMILES string of the molecule is c1ccc(-c2nc3c(N4c5ccccc5N(c5ccccc5)c5ccccc54)c4c(nc(-c5ccccc5)n4-c4ccccc4)c(N4c5ccccc5N(c5ccccc5)c5ccccc54)c3n2-c2ccccc2)cc1. The molecule has 0 unspecified atom stereocenters. The zero-order valence-electron chi connectivity index (χ0n) is 41.1. The second kappa shape index (κ2) is 17.7. The Morgan fingerprint density at radius 1 is 0.211 bits per heavy atom. The quantitative estimate of drug-likeness (QED) is 0.151. The first-order chi connectivity index (χ1) is 37.8.